The maximum absolute atomic E-state index is 10.8. The van der Waals surface area contributed by atoms with Crippen LogP contribution in [0.2, 0.25) is 0 Å². The highest BCUT2D eigenvalue weighted by molar-refractivity contribution is 5.93. The van der Waals surface area contributed by atoms with E-state index in [2.05, 4.69) is 26.2 Å². The van der Waals surface area contributed by atoms with Gasteiger partial charge >= 0.3 is 6.03 Å². The third-order valence-electron chi connectivity index (χ3n) is 2.63. The van der Waals surface area contributed by atoms with Crippen LogP contribution < -0.4 is 37.3 Å². The van der Waals surface area contributed by atoms with Crippen LogP contribution in [0.5, 0.6) is 11.5 Å². The summed E-state index contributed by atoms with van der Waals surface area (Å²) < 4.78 is 10.4. The number of urea groups is 1. The van der Waals surface area contributed by atoms with E-state index in [0.717, 1.165) is 0 Å². The van der Waals surface area contributed by atoms with Gasteiger partial charge in [-0.1, -0.05) is 0 Å². The van der Waals surface area contributed by atoms with E-state index in [1.54, 1.807) is 12.1 Å². The van der Waals surface area contributed by atoms with Gasteiger partial charge in [-0.05, 0) is 6.07 Å². The molecule has 1 aromatic carbocycles. The summed E-state index contributed by atoms with van der Waals surface area (Å²) in [6, 6.07) is 2.57. The number of benzene rings is 1. The van der Waals surface area contributed by atoms with Gasteiger partial charge in [-0.25, -0.2) is 15.6 Å². The number of rotatable bonds is 5. The number of primary amides is 1. The first-order chi connectivity index (χ1) is 10.1. The third kappa shape index (κ3) is 3.48. The van der Waals surface area contributed by atoms with Gasteiger partial charge in [0, 0.05) is 11.5 Å². The van der Waals surface area contributed by atoms with E-state index in [4.69, 9.17) is 21.1 Å². The molecule has 2 amide bonds. The molecule has 2 aromatic rings. The summed E-state index contributed by atoms with van der Waals surface area (Å²) in [6.45, 7) is 0. The Morgan fingerprint density at radius 2 is 1.82 bits per heavy atom. The molecule has 0 atom stereocenters. The number of ether oxygens (including phenoxy) is 2. The molecule has 120 valence electrons. The fourth-order valence-corrected chi connectivity index (χ4v) is 1.74. The van der Waals surface area contributed by atoms with E-state index in [0.29, 0.717) is 28.2 Å². The number of nitrogens with one attached hydrogen (secondary N) is 3. The van der Waals surface area contributed by atoms with Gasteiger partial charge in [0.05, 0.1) is 19.7 Å². The van der Waals surface area contributed by atoms with Gasteiger partial charge in [-0.3, -0.25) is 16.3 Å². The smallest absolute Gasteiger partial charge is 0.330 e. The van der Waals surface area contributed by atoms with Crippen molar-refractivity contribution in [3.05, 3.63) is 12.1 Å². The second-order valence-corrected chi connectivity index (χ2v) is 3.88. The van der Waals surface area contributed by atoms with E-state index >= 15 is 0 Å². The number of anilines is 2. The van der Waals surface area contributed by atoms with Crippen LogP contribution in [0, 0.1) is 0 Å². The van der Waals surface area contributed by atoms with Crippen molar-refractivity contribution in [1.82, 2.24) is 15.4 Å². The molecule has 0 saturated carbocycles. The number of fused-ring (bicyclic) bond motifs is 1. The molecular formula is C11H16ClN7O3. The molecular weight excluding hydrogens is 314 g/mol. The number of carbonyl (C=O) groups excluding carboxylic acids is 1. The number of aromatic nitrogens is 2. The number of hydrogen-bond acceptors (Lipinski definition) is 8. The zero-order chi connectivity index (χ0) is 15.4. The van der Waals surface area contributed by atoms with Crippen molar-refractivity contribution in [2.24, 2.45) is 11.6 Å². The lowest BCUT2D eigenvalue weighted by molar-refractivity contribution is 0.250. The predicted octanol–water partition coefficient (Wildman–Crippen LogP) is 0.350. The second kappa shape index (κ2) is 7.33. The summed E-state index contributed by atoms with van der Waals surface area (Å²) in [5.41, 5.74) is 12.7. The first kappa shape index (κ1) is 17.3. The maximum Gasteiger partial charge on any atom is 0.330 e. The molecule has 0 bridgehead atoms. The first-order valence-electron chi connectivity index (χ1n) is 5.81. The molecule has 0 aliphatic carbocycles. The van der Waals surface area contributed by atoms with E-state index in [-0.39, 0.29) is 18.4 Å². The molecule has 0 fully saturated rings. The van der Waals surface area contributed by atoms with Crippen LogP contribution in [-0.4, -0.2) is 30.2 Å². The quantitative estimate of drug-likeness (QED) is 0.389. The number of nitrogen functional groups attached to an aromatic ring is 1. The summed E-state index contributed by atoms with van der Waals surface area (Å²) in [5, 5.41) is 0.584. The van der Waals surface area contributed by atoms with Crippen LogP contribution in [-0.2, 0) is 0 Å². The fraction of sp³-hybridized carbons (Fsp3) is 0.182. The number of hydrogen-bond donors (Lipinski definition) is 5. The minimum absolute atomic E-state index is 0. The average molecular weight is 330 g/mol. The molecule has 0 radical (unpaired) electrons. The largest absolute Gasteiger partial charge is 0.493 e. The molecule has 1 heterocycles. The Morgan fingerprint density at radius 3 is 2.36 bits per heavy atom. The SMILES string of the molecule is COc1cc2nc(NN)nc(NNC(N)=O)c2cc1OC.Cl. The molecule has 0 spiro atoms. The van der Waals surface area contributed by atoms with E-state index in [1.165, 1.54) is 14.2 Å². The second-order valence-electron chi connectivity index (χ2n) is 3.88. The molecule has 7 N–H and O–H groups in total. The standard InChI is InChI=1S/C11H15N7O3.ClH/c1-20-7-3-5-6(4-8(7)21-2)14-11(16-13)15-9(5)17-18-10(12)19;/h3-4H,13H2,1-2H3,(H3,12,18,19)(H2,14,15,16,17);1H. The highest BCUT2D eigenvalue weighted by atomic mass is 35.5. The number of methoxy groups -OCH3 is 2. The Balaban J connectivity index is 0.00000242. The van der Waals surface area contributed by atoms with Crippen molar-refractivity contribution in [2.45, 2.75) is 0 Å². The average Bonchev–Trinajstić information content (AvgIpc) is 2.50. The summed E-state index contributed by atoms with van der Waals surface area (Å²) >= 11 is 0. The van der Waals surface area contributed by atoms with Crippen molar-refractivity contribution < 1.29 is 14.3 Å². The van der Waals surface area contributed by atoms with E-state index in [1.807, 2.05) is 0 Å². The number of hydrazine groups is 2. The van der Waals surface area contributed by atoms with Crippen molar-refractivity contribution >= 4 is 41.1 Å². The number of nitrogens with two attached hydrogens (primary N) is 2. The molecule has 2 rings (SSSR count). The molecule has 11 heteroatoms. The Labute approximate surface area is 131 Å². The Bertz CT molecular complexity index is 682. The van der Waals surface area contributed by atoms with Crippen molar-refractivity contribution in [2.75, 3.05) is 25.1 Å². The summed E-state index contributed by atoms with van der Waals surface area (Å²) in [7, 11) is 3.02. The van der Waals surface area contributed by atoms with Crippen molar-refractivity contribution in [1.29, 1.82) is 0 Å². The van der Waals surface area contributed by atoms with Crippen molar-refractivity contribution in [3.63, 3.8) is 0 Å². The number of amides is 2. The Morgan fingerprint density at radius 1 is 1.18 bits per heavy atom. The Hall–Kier alpha value is -2.72. The highest BCUT2D eigenvalue weighted by Gasteiger charge is 2.13. The summed E-state index contributed by atoms with van der Waals surface area (Å²) in [6.07, 6.45) is 0. The van der Waals surface area contributed by atoms with Crippen LogP contribution in [0.4, 0.5) is 16.6 Å². The summed E-state index contributed by atoms with van der Waals surface area (Å²) in [5.74, 6) is 6.77. The number of halogens is 1. The Kier molecular flexibility index (Phi) is 5.78. The van der Waals surface area contributed by atoms with Crippen molar-refractivity contribution in [3.8, 4) is 11.5 Å². The van der Waals surface area contributed by atoms with E-state index < -0.39 is 6.03 Å². The van der Waals surface area contributed by atoms with Gasteiger partial charge in [-0.15, -0.1) is 12.4 Å². The van der Waals surface area contributed by atoms with Gasteiger partial charge < -0.3 is 15.2 Å². The number of carbonyl (C=O) groups is 1. The molecule has 1 aromatic heterocycles. The monoisotopic (exact) mass is 329 g/mol. The van der Waals surface area contributed by atoms with Gasteiger partial charge in [-0.2, -0.15) is 4.98 Å². The van der Waals surface area contributed by atoms with Gasteiger partial charge in [0.2, 0.25) is 5.95 Å². The van der Waals surface area contributed by atoms with Crippen LogP contribution in [0.3, 0.4) is 0 Å². The van der Waals surface area contributed by atoms with E-state index in [9.17, 15) is 4.79 Å². The third-order valence-corrected chi connectivity index (χ3v) is 2.63. The minimum atomic E-state index is -0.760. The van der Waals surface area contributed by atoms with Crippen LogP contribution in [0.15, 0.2) is 12.1 Å². The van der Waals surface area contributed by atoms with Crippen LogP contribution >= 0.6 is 12.4 Å². The first-order valence-corrected chi connectivity index (χ1v) is 5.81. The lowest BCUT2D eigenvalue weighted by Gasteiger charge is -2.13. The normalized spacial score (nSPS) is 9.59. The van der Waals surface area contributed by atoms with Crippen LogP contribution in [0.25, 0.3) is 10.9 Å². The maximum atomic E-state index is 10.8. The molecule has 0 unspecified atom stereocenters. The molecule has 10 nitrogen and oxygen atoms in total. The molecule has 0 aliphatic heterocycles. The summed E-state index contributed by atoms with van der Waals surface area (Å²) in [4.78, 5) is 19.1. The lowest BCUT2D eigenvalue weighted by Crippen LogP contribution is -2.34. The number of nitrogens with zero attached hydrogens (tertiary/aromatic N) is 2. The predicted molar refractivity (Wildman–Crippen MR) is 84.0 cm³/mol. The highest BCUT2D eigenvalue weighted by Crippen LogP contribution is 2.34. The van der Waals surface area contributed by atoms with Gasteiger partial charge in [0.25, 0.3) is 0 Å². The van der Waals surface area contributed by atoms with Gasteiger partial charge in [0.1, 0.15) is 0 Å². The molecule has 0 saturated heterocycles. The van der Waals surface area contributed by atoms with Gasteiger partial charge in [0.15, 0.2) is 17.3 Å². The topological polar surface area (TPSA) is 149 Å². The lowest BCUT2D eigenvalue weighted by atomic mass is 10.2. The fourth-order valence-electron chi connectivity index (χ4n) is 1.74. The zero-order valence-corrected chi connectivity index (χ0v) is 12.7. The van der Waals surface area contributed by atoms with Crippen LogP contribution in [0.1, 0.15) is 0 Å². The molecule has 0 aliphatic rings. The minimum Gasteiger partial charge on any atom is -0.493 e. The zero-order valence-electron chi connectivity index (χ0n) is 11.8. The molecule has 22 heavy (non-hydrogen) atoms.